The third-order valence-corrected chi connectivity index (χ3v) is 4.40. The minimum atomic E-state index is -0.159. The number of carbonyl (C=O) groups is 1. The van der Waals surface area contributed by atoms with Crippen molar-refractivity contribution in [2.75, 3.05) is 26.2 Å². The summed E-state index contributed by atoms with van der Waals surface area (Å²) in [4.78, 5) is 15.3. The third-order valence-electron chi connectivity index (χ3n) is 3.56. The van der Waals surface area contributed by atoms with E-state index in [1.165, 1.54) is 17.8 Å². The highest BCUT2D eigenvalue weighted by molar-refractivity contribution is 7.10. The van der Waals surface area contributed by atoms with Crippen molar-refractivity contribution in [1.29, 1.82) is 0 Å². The standard InChI is InChI=1S/C15H20N2O2S/c1-2-17-7-3-5-13(17)10-16-15(19)12-9-14(20-11-12)6-4-8-18/h9,11,13,18H,2-3,5,7-8,10H2,1H3,(H,16,19). The highest BCUT2D eigenvalue weighted by atomic mass is 32.1. The number of likely N-dealkylation sites (tertiary alicyclic amines) is 1. The van der Waals surface area contributed by atoms with Gasteiger partial charge in [0.15, 0.2) is 0 Å². The van der Waals surface area contributed by atoms with E-state index in [-0.39, 0.29) is 12.5 Å². The molecular weight excluding hydrogens is 272 g/mol. The van der Waals surface area contributed by atoms with Gasteiger partial charge in [0.05, 0.1) is 10.4 Å². The Balaban J connectivity index is 1.87. The summed E-state index contributed by atoms with van der Waals surface area (Å²) in [7, 11) is 0. The maximum Gasteiger partial charge on any atom is 0.252 e. The van der Waals surface area contributed by atoms with Gasteiger partial charge in [-0.1, -0.05) is 18.8 Å². The number of nitrogens with one attached hydrogen (secondary N) is 1. The molecule has 1 aliphatic rings. The van der Waals surface area contributed by atoms with Gasteiger partial charge in [0.1, 0.15) is 6.61 Å². The van der Waals surface area contributed by atoms with Crippen LogP contribution in [0.15, 0.2) is 11.4 Å². The van der Waals surface area contributed by atoms with Crippen molar-refractivity contribution in [2.45, 2.75) is 25.8 Å². The average Bonchev–Trinajstić information content (AvgIpc) is 3.11. The first-order valence-electron chi connectivity index (χ1n) is 6.95. The zero-order valence-electron chi connectivity index (χ0n) is 11.7. The van der Waals surface area contributed by atoms with Gasteiger partial charge in [-0.05, 0) is 32.0 Å². The van der Waals surface area contributed by atoms with E-state index in [0.717, 1.165) is 24.4 Å². The maximum absolute atomic E-state index is 12.1. The lowest BCUT2D eigenvalue weighted by atomic mass is 10.2. The number of likely N-dealkylation sites (N-methyl/N-ethyl adjacent to an activating group) is 1. The highest BCUT2D eigenvalue weighted by Gasteiger charge is 2.23. The molecule has 1 atom stereocenters. The van der Waals surface area contributed by atoms with E-state index in [1.54, 1.807) is 6.07 Å². The van der Waals surface area contributed by atoms with Crippen LogP contribution in [0.1, 0.15) is 35.0 Å². The van der Waals surface area contributed by atoms with Crippen LogP contribution in [0, 0.1) is 11.8 Å². The van der Waals surface area contributed by atoms with E-state index in [0.29, 0.717) is 18.2 Å². The van der Waals surface area contributed by atoms with Crippen LogP contribution in [0.4, 0.5) is 0 Å². The molecule has 2 N–H and O–H groups in total. The Hall–Kier alpha value is -1.35. The second kappa shape index (κ2) is 7.44. The van der Waals surface area contributed by atoms with Crippen LogP contribution < -0.4 is 5.32 Å². The minimum Gasteiger partial charge on any atom is -0.384 e. The van der Waals surface area contributed by atoms with Crippen molar-refractivity contribution in [3.63, 3.8) is 0 Å². The Morgan fingerprint density at radius 1 is 1.65 bits per heavy atom. The van der Waals surface area contributed by atoms with Gasteiger partial charge < -0.3 is 10.4 Å². The molecule has 108 valence electrons. The number of amides is 1. The quantitative estimate of drug-likeness (QED) is 0.823. The largest absolute Gasteiger partial charge is 0.384 e. The molecule has 0 aromatic carbocycles. The molecule has 0 spiro atoms. The lowest BCUT2D eigenvalue weighted by molar-refractivity contribution is 0.0942. The number of aliphatic hydroxyl groups excluding tert-OH is 1. The number of nitrogens with zero attached hydrogens (tertiary/aromatic N) is 1. The molecular formula is C15H20N2O2S. The van der Waals surface area contributed by atoms with Gasteiger partial charge in [0.25, 0.3) is 5.91 Å². The van der Waals surface area contributed by atoms with Gasteiger partial charge in [-0.25, -0.2) is 0 Å². The summed E-state index contributed by atoms with van der Waals surface area (Å²) in [5.41, 5.74) is 0.651. The average molecular weight is 292 g/mol. The molecule has 0 radical (unpaired) electrons. The smallest absolute Gasteiger partial charge is 0.252 e. The van der Waals surface area contributed by atoms with Crippen molar-refractivity contribution >= 4 is 17.2 Å². The number of thiophene rings is 1. The van der Waals surface area contributed by atoms with E-state index >= 15 is 0 Å². The minimum absolute atomic E-state index is 0.0405. The second-order valence-corrected chi connectivity index (χ2v) is 5.71. The van der Waals surface area contributed by atoms with Gasteiger partial charge in [0, 0.05) is 18.0 Å². The zero-order chi connectivity index (χ0) is 14.4. The Morgan fingerprint density at radius 2 is 2.50 bits per heavy atom. The Morgan fingerprint density at radius 3 is 3.25 bits per heavy atom. The van der Waals surface area contributed by atoms with Gasteiger partial charge in [-0.15, -0.1) is 11.3 Å². The molecule has 1 aromatic rings. The van der Waals surface area contributed by atoms with Crippen molar-refractivity contribution < 1.29 is 9.90 Å². The Bertz CT molecular complexity index is 515. The SMILES string of the molecule is CCN1CCCC1CNC(=O)c1csc(C#CCO)c1. The molecule has 2 heterocycles. The summed E-state index contributed by atoms with van der Waals surface area (Å²) in [5, 5.41) is 13.5. The number of rotatable bonds is 4. The van der Waals surface area contributed by atoms with Crippen molar-refractivity contribution in [2.24, 2.45) is 0 Å². The fraction of sp³-hybridized carbons (Fsp3) is 0.533. The number of aliphatic hydroxyl groups is 1. The molecule has 20 heavy (non-hydrogen) atoms. The van der Waals surface area contributed by atoms with Crippen molar-refractivity contribution in [1.82, 2.24) is 10.2 Å². The maximum atomic E-state index is 12.1. The summed E-state index contributed by atoms with van der Waals surface area (Å²) in [6.45, 7) is 4.88. The topological polar surface area (TPSA) is 52.6 Å². The van der Waals surface area contributed by atoms with Gasteiger partial charge in [-0.2, -0.15) is 0 Å². The van der Waals surface area contributed by atoms with Crippen LogP contribution in [0.3, 0.4) is 0 Å². The highest BCUT2D eigenvalue weighted by Crippen LogP contribution is 2.16. The first-order valence-corrected chi connectivity index (χ1v) is 7.83. The van der Waals surface area contributed by atoms with Crippen molar-refractivity contribution in [3.05, 3.63) is 21.9 Å². The van der Waals surface area contributed by atoms with E-state index in [9.17, 15) is 4.79 Å². The molecule has 1 unspecified atom stereocenters. The summed E-state index contributed by atoms with van der Waals surface area (Å²) < 4.78 is 0. The van der Waals surface area contributed by atoms with Crippen molar-refractivity contribution in [3.8, 4) is 11.8 Å². The van der Waals surface area contributed by atoms with E-state index in [1.807, 2.05) is 5.38 Å². The van der Waals surface area contributed by atoms with Crippen LogP contribution in [0.5, 0.6) is 0 Å². The summed E-state index contributed by atoms with van der Waals surface area (Å²) >= 11 is 1.43. The van der Waals surface area contributed by atoms with Crippen LogP contribution in [0.2, 0.25) is 0 Å². The molecule has 0 aliphatic carbocycles. The Labute approximate surface area is 123 Å². The summed E-state index contributed by atoms with van der Waals surface area (Å²) in [6.07, 6.45) is 2.37. The molecule has 5 heteroatoms. The van der Waals surface area contributed by atoms with E-state index in [4.69, 9.17) is 5.11 Å². The molecule has 1 amide bonds. The number of hydrogen-bond donors (Lipinski definition) is 2. The molecule has 1 fully saturated rings. The fourth-order valence-corrected chi connectivity index (χ4v) is 3.26. The number of hydrogen-bond acceptors (Lipinski definition) is 4. The molecule has 2 rings (SSSR count). The molecule has 1 saturated heterocycles. The second-order valence-electron chi connectivity index (χ2n) is 4.79. The van der Waals surface area contributed by atoms with Crippen LogP contribution in [0.25, 0.3) is 0 Å². The molecule has 0 bridgehead atoms. The fourth-order valence-electron chi connectivity index (χ4n) is 2.50. The van der Waals surface area contributed by atoms with E-state index in [2.05, 4.69) is 29.0 Å². The van der Waals surface area contributed by atoms with E-state index < -0.39 is 0 Å². The first-order chi connectivity index (χ1) is 9.74. The van der Waals surface area contributed by atoms with Gasteiger partial charge >= 0.3 is 0 Å². The summed E-state index contributed by atoms with van der Waals surface area (Å²) in [6, 6.07) is 2.24. The number of carbonyl (C=O) groups excluding carboxylic acids is 1. The molecule has 0 saturated carbocycles. The predicted octanol–water partition coefficient (Wildman–Crippen LogP) is 1.31. The third kappa shape index (κ3) is 3.83. The molecule has 1 aliphatic heterocycles. The molecule has 4 nitrogen and oxygen atoms in total. The lowest BCUT2D eigenvalue weighted by Crippen LogP contribution is -2.39. The van der Waals surface area contributed by atoms with Gasteiger partial charge in [0.2, 0.25) is 0 Å². The molecule has 1 aromatic heterocycles. The van der Waals surface area contributed by atoms with Crippen LogP contribution in [-0.4, -0.2) is 48.2 Å². The van der Waals surface area contributed by atoms with Crippen LogP contribution >= 0.6 is 11.3 Å². The van der Waals surface area contributed by atoms with Crippen LogP contribution in [-0.2, 0) is 0 Å². The van der Waals surface area contributed by atoms with Gasteiger partial charge in [-0.3, -0.25) is 9.69 Å². The Kier molecular flexibility index (Phi) is 5.60. The predicted molar refractivity (Wildman–Crippen MR) is 80.9 cm³/mol. The summed E-state index contributed by atoms with van der Waals surface area (Å²) in [5.74, 6) is 5.36. The monoisotopic (exact) mass is 292 g/mol. The normalized spacial score (nSPS) is 18.6. The first kappa shape index (κ1) is 15.0. The lowest BCUT2D eigenvalue weighted by Gasteiger charge is -2.22. The zero-order valence-corrected chi connectivity index (χ0v) is 12.5.